The highest BCUT2D eigenvalue weighted by atomic mass is 16.3. The van der Waals surface area contributed by atoms with Crippen molar-refractivity contribution >= 4 is 32.8 Å². The molecule has 0 saturated carbocycles. The first-order valence-corrected chi connectivity index (χ1v) is 14.0. The van der Waals surface area contributed by atoms with E-state index in [1.165, 1.54) is 44.5 Å². The third-order valence-corrected chi connectivity index (χ3v) is 8.51. The number of benzene rings is 6. The number of para-hydroxylation sites is 2. The van der Waals surface area contributed by atoms with Crippen molar-refractivity contribution in [2.24, 2.45) is 0 Å². The molecule has 1 aliphatic carbocycles. The van der Waals surface area contributed by atoms with E-state index in [1.807, 2.05) is 18.3 Å². The van der Waals surface area contributed by atoms with Gasteiger partial charge in [0, 0.05) is 33.5 Å². The fraction of sp³-hybridized carbons (Fsp3) is 0. The molecule has 0 saturated heterocycles. The molecular formula is C39H23NO. The van der Waals surface area contributed by atoms with Gasteiger partial charge in [0.05, 0.1) is 5.52 Å². The molecule has 2 aromatic heterocycles. The van der Waals surface area contributed by atoms with Crippen LogP contribution in [0.5, 0.6) is 0 Å². The van der Waals surface area contributed by atoms with Crippen molar-refractivity contribution in [2.75, 3.05) is 0 Å². The van der Waals surface area contributed by atoms with Gasteiger partial charge >= 0.3 is 0 Å². The molecule has 2 nitrogen and oxygen atoms in total. The van der Waals surface area contributed by atoms with Gasteiger partial charge < -0.3 is 4.42 Å². The summed E-state index contributed by atoms with van der Waals surface area (Å²) in [5.41, 5.74) is 14.7. The Morgan fingerprint density at radius 2 is 1.00 bits per heavy atom. The summed E-state index contributed by atoms with van der Waals surface area (Å²) in [6.07, 6.45) is 1.90. The Balaban J connectivity index is 1.49. The molecule has 2 heteroatoms. The lowest BCUT2D eigenvalue weighted by Crippen LogP contribution is -2.00. The van der Waals surface area contributed by atoms with Gasteiger partial charge in [-0.15, -0.1) is 0 Å². The van der Waals surface area contributed by atoms with E-state index in [-0.39, 0.29) is 0 Å². The Hall–Kier alpha value is -5.47. The number of hydrogen-bond acceptors (Lipinski definition) is 2. The SMILES string of the molecule is c1ccc2c(c1)-c1ccccc1-c1c(cccc1-c1cccc3c1oc1ccccc13)-c1c-2ccc2cccnc12. The van der Waals surface area contributed by atoms with Gasteiger partial charge in [0.1, 0.15) is 11.2 Å². The number of aromatic nitrogens is 1. The molecule has 0 radical (unpaired) electrons. The summed E-state index contributed by atoms with van der Waals surface area (Å²) < 4.78 is 6.56. The van der Waals surface area contributed by atoms with E-state index in [9.17, 15) is 0 Å². The molecule has 0 fully saturated rings. The van der Waals surface area contributed by atoms with Crippen LogP contribution in [0.1, 0.15) is 0 Å². The summed E-state index contributed by atoms with van der Waals surface area (Å²) in [6.45, 7) is 0. The van der Waals surface area contributed by atoms with Crippen LogP contribution in [-0.2, 0) is 0 Å². The maximum Gasteiger partial charge on any atom is 0.143 e. The number of nitrogens with zero attached hydrogens (tertiary/aromatic N) is 1. The van der Waals surface area contributed by atoms with Crippen molar-refractivity contribution in [1.82, 2.24) is 4.98 Å². The highest BCUT2D eigenvalue weighted by Crippen LogP contribution is 2.52. The Bertz CT molecular complexity index is 2320. The van der Waals surface area contributed by atoms with E-state index in [1.54, 1.807) is 0 Å². The van der Waals surface area contributed by atoms with Crippen molar-refractivity contribution in [3.63, 3.8) is 0 Å². The predicted molar refractivity (Wildman–Crippen MR) is 170 cm³/mol. The van der Waals surface area contributed by atoms with Crippen molar-refractivity contribution < 1.29 is 4.42 Å². The molecule has 0 bridgehead atoms. The van der Waals surface area contributed by atoms with Gasteiger partial charge in [0.15, 0.2) is 0 Å². The lowest BCUT2D eigenvalue weighted by Gasteiger charge is -2.25. The van der Waals surface area contributed by atoms with Crippen molar-refractivity contribution in [2.45, 2.75) is 0 Å². The van der Waals surface area contributed by atoms with Crippen LogP contribution in [0.15, 0.2) is 144 Å². The molecular weight excluding hydrogens is 498 g/mol. The molecule has 6 aromatic carbocycles. The number of hydrogen-bond donors (Lipinski definition) is 0. The summed E-state index contributed by atoms with van der Waals surface area (Å²) in [5.74, 6) is 0. The summed E-state index contributed by atoms with van der Waals surface area (Å²) in [7, 11) is 0. The second-order valence-corrected chi connectivity index (χ2v) is 10.7. The van der Waals surface area contributed by atoms with Gasteiger partial charge in [-0.2, -0.15) is 0 Å². The lowest BCUT2D eigenvalue weighted by molar-refractivity contribution is 0.670. The van der Waals surface area contributed by atoms with E-state index in [4.69, 9.17) is 9.40 Å². The maximum atomic E-state index is 6.56. The quantitative estimate of drug-likeness (QED) is 0.215. The first kappa shape index (κ1) is 22.4. The summed E-state index contributed by atoms with van der Waals surface area (Å²) in [4.78, 5) is 4.96. The van der Waals surface area contributed by atoms with Gasteiger partial charge in [-0.25, -0.2) is 0 Å². The lowest BCUT2D eigenvalue weighted by atomic mass is 9.78. The average molecular weight is 522 g/mol. The van der Waals surface area contributed by atoms with Gasteiger partial charge in [-0.3, -0.25) is 4.98 Å². The fourth-order valence-electron chi connectivity index (χ4n) is 6.77. The number of rotatable bonds is 1. The molecule has 0 unspecified atom stereocenters. The van der Waals surface area contributed by atoms with E-state index in [2.05, 4.69) is 121 Å². The third-order valence-electron chi connectivity index (χ3n) is 8.51. The average Bonchev–Trinajstić information content (AvgIpc) is 3.42. The minimum Gasteiger partial charge on any atom is -0.455 e. The Labute approximate surface area is 237 Å². The first-order valence-electron chi connectivity index (χ1n) is 14.0. The second-order valence-electron chi connectivity index (χ2n) is 10.7. The van der Waals surface area contributed by atoms with Crippen LogP contribution in [-0.4, -0.2) is 4.98 Å². The van der Waals surface area contributed by atoms with E-state index in [0.717, 1.165) is 44.0 Å². The van der Waals surface area contributed by atoms with Crippen LogP contribution >= 0.6 is 0 Å². The van der Waals surface area contributed by atoms with Crippen LogP contribution in [0.25, 0.3) is 88.5 Å². The largest absolute Gasteiger partial charge is 0.455 e. The zero-order valence-electron chi connectivity index (χ0n) is 22.1. The topological polar surface area (TPSA) is 26.0 Å². The molecule has 190 valence electrons. The minimum absolute atomic E-state index is 0.906. The van der Waals surface area contributed by atoms with E-state index >= 15 is 0 Å². The molecule has 2 heterocycles. The van der Waals surface area contributed by atoms with Crippen molar-refractivity contribution in [1.29, 1.82) is 0 Å². The van der Waals surface area contributed by atoms with Crippen LogP contribution in [0.3, 0.4) is 0 Å². The molecule has 9 rings (SSSR count). The molecule has 8 aromatic rings. The zero-order chi connectivity index (χ0) is 26.9. The third kappa shape index (κ3) is 3.16. The van der Waals surface area contributed by atoms with Gasteiger partial charge in [0.25, 0.3) is 0 Å². The summed E-state index contributed by atoms with van der Waals surface area (Å²) >= 11 is 0. The normalized spacial score (nSPS) is 11.9. The Kier molecular flexibility index (Phi) is 4.64. The molecule has 0 N–H and O–H groups in total. The molecule has 0 spiro atoms. The van der Waals surface area contributed by atoms with E-state index in [0.29, 0.717) is 0 Å². The zero-order valence-corrected chi connectivity index (χ0v) is 22.1. The maximum absolute atomic E-state index is 6.56. The highest BCUT2D eigenvalue weighted by Gasteiger charge is 2.26. The molecule has 0 atom stereocenters. The van der Waals surface area contributed by atoms with Crippen LogP contribution in [0.4, 0.5) is 0 Å². The Morgan fingerprint density at radius 3 is 1.88 bits per heavy atom. The minimum atomic E-state index is 0.906. The number of fused-ring (bicyclic) bond motifs is 13. The smallest absolute Gasteiger partial charge is 0.143 e. The molecule has 1 aliphatic rings. The highest BCUT2D eigenvalue weighted by molar-refractivity contribution is 6.15. The van der Waals surface area contributed by atoms with Crippen molar-refractivity contribution in [3.8, 4) is 55.6 Å². The fourth-order valence-corrected chi connectivity index (χ4v) is 6.77. The van der Waals surface area contributed by atoms with E-state index < -0.39 is 0 Å². The van der Waals surface area contributed by atoms with Crippen molar-refractivity contribution in [3.05, 3.63) is 140 Å². The van der Waals surface area contributed by atoms with Gasteiger partial charge in [-0.05, 0) is 56.6 Å². The standard InChI is InChI=1S/C39H23NO/c1-2-13-27-25(11-1)26-12-3-4-15-29(26)36-30(33-18-8-17-32-28-14-5-6-20-35(28)41-39(32)33)16-7-19-34(36)37-31(27)22-21-24-10-9-23-40-38(24)37/h1-23H. The first-order chi connectivity index (χ1) is 20.4. The molecule has 0 aliphatic heterocycles. The predicted octanol–water partition coefficient (Wildman–Crippen LogP) is 10.8. The van der Waals surface area contributed by atoms with Gasteiger partial charge in [0.2, 0.25) is 0 Å². The van der Waals surface area contributed by atoms with Crippen LogP contribution in [0, 0.1) is 0 Å². The van der Waals surface area contributed by atoms with Crippen LogP contribution in [0.2, 0.25) is 0 Å². The van der Waals surface area contributed by atoms with Gasteiger partial charge in [-0.1, -0.05) is 121 Å². The number of pyridine rings is 1. The second kappa shape index (κ2) is 8.51. The summed E-state index contributed by atoms with van der Waals surface area (Å²) in [5, 5.41) is 3.40. The molecule has 0 amide bonds. The molecule has 41 heavy (non-hydrogen) atoms. The monoisotopic (exact) mass is 521 g/mol. The Morgan fingerprint density at radius 1 is 0.390 bits per heavy atom. The van der Waals surface area contributed by atoms with Crippen LogP contribution < -0.4 is 0 Å². The summed E-state index contributed by atoms with van der Waals surface area (Å²) in [6, 6.07) is 47.7. The number of furan rings is 1.